The van der Waals surface area contributed by atoms with Crippen LogP contribution in [-0.4, -0.2) is 11.4 Å². The number of nitrogens with zero attached hydrogens (tertiary/aromatic N) is 2. The minimum atomic E-state index is -0.108. The molecule has 0 atom stereocenters. The summed E-state index contributed by atoms with van der Waals surface area (Å²) in [4.78, 5) is 4.99. The predicted molar refractivity (Wildman–Crippen MR) is 107 cm³/mol. The first kappa shape index (κ1) is 16.7. The number of aryl methyl sites for hydroxylation is 1. The van der Waals surface area contributed by atoms with Gasteiger partial charge in [0.05, 0.1) is 35.1 Å². The fourth-order valence-electron chi connectivity index (χ4n) is 4.08. The molecule has 26 heavy (non-hydrogen) atoms. The van der Waals surface area contributed by atoms with Crippen LogP contribution in [0, 0.1) is 18.3 Å². The van der Waals surface area contributed by atoms with Crippen LogP contribution in [0.2, 0.25) is 0 Å². The first-order valence-corrected chi connectivity index (χ1v) is 9.38. The summed E-state index contributed by atoms with van der Waals surface area (Å²) in [5.41, 5.74) is 5.05. The number of hydrogen-bond acceptors (Lipinski definition) is 3. The molecule has 4 nitrogen and oxygen atoms in total. The molecule has 0 unspecified atom stereocenters. The molecule has 2 aliphatic rings. The number of hydrogen-bond donors (Lipinski definition) is 2. The monoisotopic (exact) mass is 344 g/mol. The summed E-state index contributed by atoms with van der Waals surface area (Å²) in [6.45, 7) is 2.78. The average Bonchev–Trinajstić information content (AvgIpc) is 2.67. The highest BCUT2D eigenvalue weighted by molar-refractivity contribution is 6.09. The van der Waals surface area contributed by atoms with Crippen LogP contribution in [0.4, 0.5) is 11.4 Å². The minimum Gasteiger partial charge on any atom is -0.371 e. The van der Waals surface area contributed by atoms with Crippen LogP contribution in [0.25, 0.3) is 0 Å². The molecule has 0 saturated heterocycles. The van der Waals surface area contributed by atoms with E-state index in [-0.39, 0.29) is 5.54 Å². The Morgan fingerprint density at radius 2 is 1.92 bits per heavy atom. The third-order valence-corrected chi connectivity index (χ3v) is 5.44. The Hall–Kier alpha value is -2.80. The largest absolute Gasteiger partial charge is 0.371 e. The molecule has 1 heterocycles. The molecule has 1 fully saturated rings. The SMILES string of the molecule is Cc1cccc(CN=C2Nc3cc(C#N)ccc3NC23CCCCC3)c1. The number of fused-ring (bicyclic) bond motifs is 1. The number of aliphatic imine (C=N–C) groups is 1. The highest BCUT2D eigenvalue weighted by Gasteiger charge is 2.40. The van der Waals surface area contributed by atoms with Gasteiger partial charge in [-0.2, -0.15) is 5.26 Å². The van der Waals surface area contributed by atoms with E-state index >= 15 is 0 Å². The molecular weight excluding hydrogens is 320 g/mol. The van der Waals surface area contributed by atoms with E-state index in [2.05, 4.69) is 47.9 Å². The van der Waals surface area contributed by atoms with Crippen LogP contribution in [0.15, 0.2) is 47.5 Å². The van der Waals surface area contributed by atoms with Gasteiger partial charge >= 0.3 is 0 Å². The van der Waals surface area contributed by atoms with Crippen molar-refractivity contribution in [3.05, 3.63) is 59.2 Å². The molecule has 4 rings (SSSR count). The van der Waals surface area contributed by atoms with Gasteiger partial charge in [-0.3, -0.25) is 4.99 Å². The van der Waals surface area contributed by atoms with Gasteiger partial charge in [0.2, 0.25) is 0 Å². The number of nitrogens with one attached hydrogen (secondary N) is 2. The molecule has 2 aromatic carbocycles. The molecule has 2 N–H and O–H groups in total. The second-order valence-corrected chi connectivity index (χ2v) is 7.42. The zero-order chi connectivity index (χ0) is 18.0. The Labute approximate surface area is 155 Å². The highest BCUT2D eigenvalue weighted by atomic mass is 15.2. The van der Waals surface area contributed by atoms with Gasteiger partial charge in [0.25, 0.3) is 0 Å². The van der Waals surface area contributed by atoms with Crippen LogP contribution < -0.4 is 10.6 Å². The van der Waals surface area contributed by atoms with E-state index in [0.717, 1.165) is 30.1 Å². The predicted octanol–water partition coefficient (Wildman–Crippen LogP) is 5.01. The lowest BCUT2D eigenvalue weighted by molar-refractivity contribution is 0.403. The fraction of sp³-hybridized carbons (Fsp3) is 0.364. The lowest BCUT2D eigenvalue weighted by atomic mass is 9.79. The lowest BCUT2D eigenvalue weighted by Gasteiger charge is -2.44. The van der Waals surface area contributed by atoms with Gasteiger partial charge in [-0.25, -0.2) is 0 Å². The molecule has 0 radical (unpaired) electrons. The number of anilines is 2. The average molecular weight is 344 g/mol. The highest BCUT2D eigenvalue weighted by Crippen LogP contribution is 2.40. The molecule has 0 amide bonds. The van der Waals surface area contributed by atoms with E-state index in [0.29, 0.717) is 12.1 Å². The summed E-state index contributed by atoms with van der Waals surface area (Å²) in [6.07, 6.45) is 5.89. The standard InChI is InChI=1S/C22H24N4/c1-16-6-5-7-18(12-16)15-24-21-22(10-3-2-4-11-22)26-19-9-8-17(14-23)13-20(19)25-21/h5-9,12-13,26H,2-4,10-11,15H2,1H3,(H,24,25). The quantitative estimate of drug-likeness (QED) is 0.805. The summed E-state index contributed by atoms with van der Waals surface area (Å²) < 4.78 is 0. The van der Waals surface area contributed by atoms with Crippen molar-refractivity contribution in [3.63, 3.8) is 0 Å². The Bertz CT molecular complexity index is 885. The molecule has 1 aliphatic carbocycles. The Balaban J connectivity index is 1.69. The van der Waals surface area contributed by atoms with Crippen molar-refractivity contribution in [1.29, 1.82) is 5.26 Å². The van der Waals surface area contributed by atoms with Crippen LogP contribution in [-0.2, 0) is 6.54 Å². The number of rotatable bonds is 2. The number of nitriles is 1. The number of benzene rings is 2. The summed E-state index contributed by atoms with van der Waals surface area (Å²) in [5, 5.41) is 16.5. The van der Waals surface area contributed by atoms with E-state index in [9.17, 15) is 5.26 Å². The Kier molecular flexibility index (Phi) is 4.38. The molecule has 0 aromatic heterocycles. The third kappa shape index (κ3) is 3.17. The number of amidine groups is 1. The fourth-order valence-corrected chi connectivity index (χ4v) is 4.08. The molecule has 1 saturated carbocycles. The van der Waals surface area contributed by atoms with E-state index in [4.69, 9.17) is 4.99 Å². The Morgan fingerprint density at radius 3 is 2.69 bits per heavy atom. The summed E-state index contributed by atoms with van der Waals surface area (Å²) in [5.74, 6) is 1.02. The van der Waals surface area contributed by atoms with E-state index in [1.54, 1.807) is 0 Å². The van der Waals surface area contributed by atoms with E-state index in [1.807, 2.05) is 18.2 Å². The van der Waals surface area contributed by atoms with Crippen LogP contribution in [0.5, 0.6) is 0 Å². The molecule has 1 spiro atoms. The van der Waals surface area contributed by atoms with Crippen LogP contribution >= 0.6 is 0 Å². The van der Waals surface area contributed by atoms with Gasteiger partial charge in [-0.05, 0) is 43.5 Å². The van der Waals surface area contributed by atoms with Crippen LogP contribution in [0.1, 0.15) is 48.8 Å². The zero-order valence-corrected chi connectivity index (χ0v) is 15.2. The van der Waals surface area contributed by atoms with Gasteiger partial charge in [0.1, 0.15) is 5.84 Å². The normalized spacial score (nSPS) is 19.3. The molecule has 1 aliphatic heterocycles. The topological polar surface area (TPSA) is 60.2 Å². The van der Waals surface area contributed by atoms with Crippen molar-refractivity contribution in [2.24, 2.45) is 4.99 Å². The maximum absolute atomic E-state index is 9.20. The van der Waals surface area contributed by atoms with Crippen molar-refractivity contribution in [3.8, 4) is 6.07 Å². The smallest absolute Gasteiger partial charge is 0.127 e. The molecule has 132 valence electrons. The van der Waals surface area contributed by atoms with Crippen LogP contribution in [0.3, 0.4) is 0 Å². The second-order valence-electron chi connectivity index (χ2n) is 7.42. The second kappa shape index (κ2) is 6.84. The van der Waals surface area contributed by atoms with Gasteiger partial charge in [0, 0.05) is 0 Å². The molecular formula is C22H24N4. The van der Waals surface area contributed by atoms with Crippen molar-refractivity contribution < 1.29 is 0 Å². The minimum absolute atomic E-state index is 0.108. The summed E-state index contributed by atoms with van der Waals surface area (Å²) >= 11 is 0. The first-order chi connectivity index (χ1) is 12.7. The first-order valence-electron chi connectivity index (χ1n) is 9.38. The maximum atomic E-state index is 9.20. The van der Waals surface area contributed by atoms with Gasteiger partial charge in [0.15, 0.2) is 0 Å². The van der Waals surface area contributed by atoms with Gasteiger partial charge in [-0.15, -0.1) is 0 Å². The van der Waals surface area contributed by atoms with Crippen molar-refractivity contribution in [1.82, 2.24) is 0 Å². The molecule has 0 bridgehead atoms. The Morgan fingerprint density at radius 1 is 1.08 bits per heavy atom. The van der Waals surface area contributed by atoms with Crippen molar-refractivity contribution in [2.45, 2.75) is 51.1 Å². The van der Waals surface area contributed by atoms with E-state index < -0.39 is 0 Å². The lowest BCUT2D eigenvalue weighted by Crippen LogP contribution is -2.53. The molecule has 4 heteroatoms. The van der Waals surface area contributed by atoms with Crippen molar-refractivity contribution >= 4 is 17.2 Å². The third-order valence-electron chi connectivity index (χ3n) is 5.44. The van der Waals surface area contributed by atoms with Gasteiger partial charge in [-0.1, -0.05) is 49.1 Å². The zero-order valence-electron chi connectivity index (χ0n) is 15.2. The van der Waals surface area contributed by atoms with Crippen molar-refractivity contribution in [2.75, 3.05) is 10.6 Å². The maximum Gasteiger partial charge on any atom is 0.127 e. The summed E-state index contributed by atoms with van der Waals surface area (Å²) in [6, 6.07) is 16.5. The summed E-state index contributed by atoms with van der Waals surface area (Å²) in [7, 11) is 0. The van der Waals surface area contributed by atoms with Gasteiger partial charge < -0.3 is 10.6 Å². The van der Waals surface area contributed by atoms with E-state index in [1.165, 1.54) is 30.4 Å². The molecule has 2 aromatic rings.